The summed E-state index contributed by atoms with van der Waals surface area (Å²) in [5, 5.41) is 3.79. The van der Waals surface area contributed by atoms with Gasteiger partial charge in [-0.15, -0.1) is 0 Å². The molecule has 5 heteroatoms. The van der Waals surface area contributed by atoms with Gasteiger partial charge in [0.1, 0.15) is 0 Å². The zero-order valence-corrected chi connectivity index (χ0v) is 12.7. The molecule has 0 bridgehead atoms. The summed E-state index contributed by atoms with van der Waals surface area (Å²) in [5.41, 5.74) is 1.74. The SMILES string of the molecule is Cc1cc[n+]([C@@H](C)C(=O)Nc2cc(Cl)cc(Cl)c2)cc1. The zero-order valence-electron chi connectivity index (χ0n) is 11.2. The molecular weight excluding hydrogens is 295 g/mol. The molecule has 1 N–H and O–H groups in total. The molecule has 0 radical (unpaired) electrons. The van der Waals surface area contributed by atoms with Gasteiger partial charge in [-0.3, -0.25) is 4.79 Å². The van der Waals surface area contributed by atoms with E-state index < -0.39 is 0 Å². The number of aromatic nitrogens is 1. The highest BCUT2D eigenvalue weighted by Gasteiger charge is 2.21. The Bertz CT molecular complexity index is 606. The highest BCUT2D eigenvalue weighted by Crippen LogP contribution is 2.22. The van der Waals surface area contributed by atoms with Gasteiger partial charge in [-0.2, -0.15) is 4.57 Å². The number of hydrogen-bond acceptors (Lipinski definition) is 1. The fourth-order valence-electron chi connectivity index (χ4n) is 1.78. The van der Waals surface area contributed by atoms with Crippen molar-refractivity contribution in [3.63, 3.8) is 0 Å². The number of anilines is 1. The maximum atomic E-state index is 12.2. The van der Waals surface area contributed by atoms with Crippen LogP contribution in [0.25, 0.3) is 0 Å². The number of aryl methyl sites for hydroxylation is 1. The van der Waals surface area contributed by atoms with Crippen molar-refractivity contribution in [2.24, 2.45) is 0 Å². The lowest BCUT2D eigenvalue weighted by molar-refractivity contribution is -0.705. The van der Waals surface area contributed by atoms with Crippen molar-refractivity contribution in [2.75, 3.05) is 5.32 Å². The van der Waals surface area contributed by atoms with Crippen LogP contribution in [0, 0.1) is 6.92 Å². The molecule has 0 aliphatic rings. The van der Waals surface area contributed by atoms with Crippen LogP contribution in [0.2, 0.25) is 10.0 Å². The lowest BCUT2D eigenvalue weighted by Crippen LogP contribution is -2.43. The number of nitrogens with one attached hydrogen (secondary N) is 1. The second-order valence-electron chi connectivity index (χ2n) is 4.65. The van der Waals surface area contributed by atoms with Gasteiger partial charge in [0.05, 0.1) is 0 Å². The number of benzene rings is 1. The highest BCUT2D eigenvalue weighted by atomic mass is 35.5. The number of carbonyl (C=O) groups excluding carboxylic acids is 1. The fraction of sp³-hybridized carbons (Fsp3) is 0.200. The van der Waals surface area contributed by atoms with Gasteiger partial charge >= 0.3 is 0 Å². The van der Waals surface area contributed by atoms with Gasteiger partial charge in [-0.25, -0.2) is 0 Å². The fourth-order valence-corrected chi connectivity index (χ4v) is 2.30. The molecule has 1 atom stereocenters. The molecule has 104 valence electrons. The van der Waals surface area contributed by atoms with E-state index in [0.29, 0.717) is 15.7 Å². The van der Waals surface area contributed by atoms with Gasteiger partial charge < -0.3 is 5.32 Å². The van der Waals surface area contributed by atoms with E-state index in [9.17, 15) is 4.79 Å². The average Bonchev–Trinajstić information content (AvgIpc) is 2.37. The molecular formula is C15H15Cl2N2O+. The zero-order chi connectivity index (χ0) is 14.7. The normalized spacial score (nSPS) is 12.0. The second kappa shape index (κ2) is 6.25. The van der Waals surface area contributed by atoms with Crippen LogP contribution in [0.1, 0.15) is 18.5 Å². The van der Waals surface area contributed by atoms with Crippen LogP contribution in [-0.2, 0) is 4.79 Å². The van der Waals surface area contributed by atoms with Crippen molar-refractivity contribution in [2.45, 2.75) is 19.9 Å². The molecule has 0 aliphatic carbocycles. The second-order valence-corrected chi connectivity index (χ2v) is 5.52. The lowest BCUT2D eigenvalue weighted by Gasteiger charge is -2.09. The molecule has 3 nitrogen and oxygen atoms in total. The maximum absolute atomic E-state index is 12.2. The Morgan fingerprint density at radius 2 is 1.70 bits per heavy atom. The number of halogens is 2. The molecule has 1 aromatic heterocycles. The summed E-state index contributed by atoms with van der Waals surface area (Å²) < 4.78 is 1.84. The van der Waals surface area contributed by atoms with Crippen LogP contribution in [0.4, 0.5) is 5.69 Å². The number of carbonyl (C=O) groups is 1. The van der Waals surface area contributed by atoms with E-state index >= 15 is 0 Å². The smallest absolute Gasteiger partial charge is 0.293 e. The van der Waals surface area contributed by atoms with Gasteiger partial charge in [0.25, 0.3) is 5.91 Å². The third-order valence-corrected chi connectivity index (χ3v) is 3.41. The maximum Gasteiger partial charge on any atom is 0.293 e. The van der Waals surface area contributed by atoms with E-state index in [2.05, 4.69) is 5.32 Å². The van der Waals surface area contributed by atoms with Crippen LogP contribution >= 0.6 is 23.2 Å². The summed E-state index contributed by atoms with van der Waals surface area (Å²) in [6, 6.07) is 8.54. The van der Waals surface area contributed by atoms with E-state index in [1.54, 1.807) is 18.2 Å². The van der Waals surface area contributed by atoms with E-state index in [0.717, 1.165) is 5.56 Å². The summed E-state index contributed by atoms with van der Waals surface area (Å²) in [7, 11) is 0. The van der Waals surface area contributed by atoms with Crippen LogP contribution in [0.3, 0.4) is 0 Å². The van der Waals surface area contributed by atoms with Crippen LogP contribution < -0.4 is 9.88 Å². The molecule has 1 aromatic carbocycles. The molecule has 20 heavy (non-hydrogen) atoms. The van der Waals surface area contributed by atoms with E-state index in [1.807, 2.05) is 42.9 Å². The lowest BCUT2D eigenvalue weighted by atomic mass is 10.2. The molecule has 0 fully saturated rings. The Morgan fingerprint density at radius 3 is 2.25 bits per heavy atom. The first-order valence-electron chi connectivity index (χ1n) is 6.20. The minimum atomic E-state index is -0.326. The first-order chi connectivity index (χ1) is 9.45. The summed E-state index contributed by atoms with van der Waals surface area (Å²) in [6.07, 6.45) is 3.76. The number of nitrogens with zero attached hydrogens (tertiary/aromatic N) is 1. The summed E-state index contributed by atoms with van der Waals surface area (Å²) in [5.74, 6) is -0.128. The Morgan fingerprint density at radius 1 is 1.15 bits per heavy atom. The van der Waals surface area contributed by atoms with E-state index in [-0.39, 0.29) is 11.9 Å². The molecule has 1 heterocycles. The number of amides is 1. The van der Waals surface area contributed by atoms with Crippen molar-refractivity contribution in [1.82, 2.24) is 0 Å². The van der Waals surface area contributed by atoms with Gasteiger partial charge in [0.2, 0.25) is 6.04 Å². The van der Waals surface area contributed by atoms with Gasteiger partial charge in [0.15, 0.2) is 12.4 Å². The number of pyridine rings is 1. The molecule has 0 aliphatic heterocycles. The summed E-state index contributed by atoms with van der Waals surface area (Å²) >= 11 is 11.8. The van der Waals surface area contributed by atoms with Gasteiger partial charge in [0, 0.05) is 34.8 Å². The third-order valence-electron chi connectivity index (χ3n) is 2.98. The Hall–Kier alpha value is -1.58. The molecule has 0 spiro atoms. The minimum absolute atomic E-state index is 0.128. The van der Waals surface area contributed by atoms with Crippen molar-refractivity contribution in [1.29, 1.82) is 0 Å². The van der Waals surface area contributed by atoms with E-state index in [4.69, 9.17) is 23.2 Å². The van der Waals surface area contributed by atoms with Crippen molar-refractivity contribution in [3.8, 4) is 0 Å². The predicted molar refractivity (Wildman–Crippen MR) is 81.2 cm³/mol. The Balaban J connectivity index is 2.13. The summed E-state index contributed by atoms with van der Waals surface area (Å²) in [4.78, 5) is 12.2. The van der Waals surface area contributed by atoms with Crippen LogP contribution in [0.15, 0.2) is 42.7 Å². The van der Waals surface area contributed by atoms with Gasteiger partial charge in [-0.05, 0) is 30.7 Å². The standard InChI is InChI=1S/C15H14Cl2N2O/c1-10-3-5-19(6-4-10)11(2)15(20)18-14-8-12(16)7-13(17)9-14/h3-9,11H,1-2H3/p+1/t11-/m0/s1. The first-order valence-corrected chi connectivity index (χ1v) is 6.95. The summed E-state index contributed by atoms with van der Waals surface area (Å²) in [6.45, 7) is 3.83. The monoisotopic (exact) mass is 309 g/mol. The molecule has 1 amide bonds. The van der Waals surface area contributed by atoms with Crippen LogP contribution in [0.5, 0.6) is 0 Å². The minimum Gasteiger partial charge on any atom is -0.320 e. The molecule has 2 rings (SSSR count). The quantitative estimate of drug-likeness (QED) is 0.860. The number of hydrogen-bond donors (Lipinski definition) is 1. The number of rotatable bonds is 3. The Kier molecular flexibility index (Phi) is 4.63. The molecule has 0 saturated heterocycles. The van der Waals surface area contributed by atoms with E-state index in [1.165, 1.54) is 0 Å². The topological polar surface area (TPSA) is 33.0 Å². The van der Waals surface area contributed by atoms with Crippen molar-refractivity contribution < 1.29 is 9.36 Å². The molecule has 2 aromatic rings. The first kappa shape index (κ1) is 14.8. The highest BCUT2D eigenvalue weighted by molar-refractivity contribution is 6.35. The molecule has 0 saturated carbocycles. The largest absolute Gasteiger partial charge is 0.320 e. The van der Waals surface area contributed by atoms with Gasteiger partial charge in [-0.1, -0.05) is 23.2 Å². The third kappa shape index (κ3) is 3.71. The average molecular weight is 310 g/mol. The van der Waals surface area contributed by atoms with Crippen LogP contribution in [-0.4, -0.2) is 5.91 Å². The Labute approximate surface area is 128 Å². The van der Waals surface area contributed by atoms with Crippen molar-refractivity contribution >= 4 is 34.8 Å². The molecule has 0 unspecified atom stereocenters. The predicted octanol–water partition coefficient (Wildman–Crippen LogP) is 3.79. The van der Waals surface area contributed by atoms with Crippen molar-refractivity contribution in [3.05, 3.63) is 58.3 Å².